The number of nitrogens with zero attached hydrogens (tertiary/aromatic N) is 3. The zero-order chi connectivity index (χ0) is 24.5. The topological polar surface area (TPSA) is 90.2 Å². The Morgan fingerprint density at radius 1 is 1.21 bits per heavy atom. The number of methoxy groups -OCH3 is 2. The van der Waals surface area contributed by atoms with Gasteiger partial charge in [-0.05, 0) is 49.2 Å². The van der Waals surface area contributed by atoms with Crippen LogP contribution >= 0.6 is 22.9 Å². The molecule has 1 saturated heterocycles. The molecule has 0 radical (unpaired) electrons. The number of rotatable bonds is 7. The molecule has 0 saturated carbocycles. The van der Waals surface area contributed by atoms with Crippen LogP contribution in [0.4, 0.5) is 0 Å². The van der Waals surface area contributed by atoms with Crippen LogP contribution in [0.1, 0.15) is 12.8 Å². The van der Waals surface area contributed by atoms with Crippen LogP contribution in [0.5, 0.6) is 11.5 Å². The minimum absolute atomic E-state index is 0.0923. The summed E-state index contributed by atoms with van der Waals surface area (Å²) in [5.41, 5.74) is 0.732. The van der Waals surface area contributed by atoms with Gasteiger partial charge in [0.1, 0.15) is 27.8 Å². The largest absolute Gasteiger partial charge is 0.495 e. The lowest BCUT2D eigenvalue weighted by Crippen LogP contribution is -2.40. The van der Waals surface area contributed by atoms with Crippen LogP contribution < -0.4 is 14.3 Å². The number of amides is 1. The first-order chi connectivity index (χ1) is 16.3. The Bertz CT molecular complexity index is 1410. The summed E-state index contributed by atoms with van der Waals surface area (Å²) < 4.78 is 41.3. The smallest absolute Gasteiger partial charge is 0.266 e. The average molecular weight is 522 g/mol. The molecule has 2 heterocycles. The lowest BCUT2D eigenvalue weighted by Gasteiger charge is -2.21. The Morgan fingerprint density at radius 3 is 2.53 bits per heavy atom. The predicted molar refractivity (Wildman–Crippen MR) is 132 cm³/mol. The van der Waals surface area contributed by atoms with E-state index in [2.05, 4.69) is 11.6 Å². The van der Waals surface area contributed by atoms with Crippen LogP contribution in [-0.2, 0) is 21.4 Å². The van der Waals surface area contributed by atoms with Crippen molar-refractivity contribution in [2.75, 3.05) is 20.8 Å². The number of ether oxygens (including phenoxy) is 2. The molecule has 0 spiro atoms. The van der Waals surface area contributed by atoms with Gasteiger partial charge in [-0.25, -0.2) is 8.42 Å². The first-order valence-electron chi connectivity index (χ1n) is 10.5. The normalized spacial score (nSPS) is 17.3. The minimum Gasteiger partial charge on any atom is -0.495 e. The third kappa shape index (κ3) is 4.38. The van der Waals surface area contributed by atoms with Crippen LogP contribution in [0.15, 0.2) is 58.9 Å². The van der Waals surface area contributed by atoms with Crippen LogP contribution in [0.3, 0.4) is 0 Å². The molecule has 4 rings (SSSR count). The van der Waals surface area contributed by atoms with E-state index in [4.69, 9.17) is 21.1 Å². The molecule has 1 aliphatic heterocycles. The lowest BCUT2D eigenvalue weighted by atomic mass is 10.2. The van der Waals surface area contributed by atoms with Gasteiger partial charge in [0.2, 0.25) is 10.0 Å². The second kappa shape index (κ2) is 9.91. The van der Waals surface area contributed by atoms with E-state index in [1.807, 2.05) is 4.57 Å². The van der Waals surface area contributed by atoms with Crippen molar-refractivity contribution >= 4 is 49.1 Å². The van der Waals surface area contributed by atoms with Gasteiger partial charge in [-0.3, -0.25) is 4.79 Å². The first kappa shape index (κ1) is 24.5. The van der Waals surface area contributed by atoms with Crippen molar-refractivity contribution in [1.82, 2.24) is 8.87 Å². The van der Waals surface area contributed by atoms with E-state index >= 15 is 0 Å². The zero-order valence-corrected chi connectivity index (χ0v) is 21.1. The number of carbonyl (C=O) groups is 1. The van der Waals surface area contributed by atoms with Gasteiger partial charge >= 0.3 is 0 Å². The Kier molecular flexibility index (Phi) is 7.13. The molecule has 34 heavy (non-hydrogen) atoms. The number of carbonyl (C=O) groups excluding carboxylic acids is 1. The summed E-state index contributed by atoms with van der Waals surface area (Å²) in [6, 6.07) is 8.61. The summed E-state index contributed by atoms with van der Waals surface area (Å²) >= 11 is 7.18. The van der Waals surface area contributed by atoms with Gasteiger partial charge < -0.3 is 14.0 Å². The fourth-order valence-electron chi connectivity index (χ4n) is 4.02. The van der Waals surface area contributed by atoms with Crippen molar-refractivity contribution in [3.05, 3.63) is 58.9 Å². The molecule has 0 aliphatic carbocycles. The summed E-state index contributed by atoms with van der Waals surface area (Å²) in [6.07, 6.45) is 2.66. The van der Waals surface area contributed by atoms with Gasteiger partial charge in [-0.15, -0.1) is 6.58 Å². The van der Waals surface area contributed by atoms with Gasteiger partial charge in [0.25, 0.3) is 5.91 Å². The SMILES string of the molecule is C=CCn1c(=NC(=O)C2CCCN2S(=O)(=O)c2ccc(Cl)cc2)sc2c(OC)ccc(OC)c21. The third-order valence-corrected chi connectivity index (χ3v) is 8.89. The number of aromatic nitrogens is 1. The molecule has 1 amide bonds. The van der Waals surface area contributed by atoms with Gasteiger partial charge in [0, 0.05) is 18.1 Å². The summed E-state index contributed by atoms with van der Waals surface area (Å²) in [5.74, 6) is 0.716. The molecular formula is C23H24ClN3O5S2. The average Bonchev–Trinajstić information content (AvgIpc) is 3.45. The Hall–Kier alpha value is -2.66. The fourth-order valence-corrected chi connectivity index (χ4v) is 6.95. The number of allylic oxidation sites excluding steroid dienone is 1. The van der Waals surface area contributed by atoms with E-state index in [1.54, 1.807) is 32.4 Å². The van der Waals surface area contributed by atoms with E-state index in [9.17, 15) is 13.2 Å². The molecular weight excluding hydrogens is 498 g/mol. The van der Waals surface area contributed by atoms with Gasteiger partial charge in [-0.1, -0.05) is 29.0 Å². The monoisotopic (exact) mass is 521 g/mol. The van der Waals surface area contributed by atoms with Gasteiger partial charge in [0.05, 0.1) is 19.1 Å². The molecule has 1 atom stereocenters. The van der Waals surface area contributed by atoms with Crippen molar-refractivity contribution in [2.45, 2.75) is 30.3 Å². The molecule has 2 aromatic carbocycles. The summed E-state index contributed by atoms with van der Waals surface area (Å²) in [5, 5.41) is 0.436. The summed E-state index contributed by atoms with van der Waals surface area (Å²) in [6.45, 7) is 4.44. The van der Waals surface area contributed by atoms with Crippen LogP contribution in [0.2, 0.25) is 5.02 Å². The maximum absolute atomic E-state index is 13.3. The van der Waals surface area contributed by atoms with Crippen molar-refractivity contribution < 1.29 is 22.7 Å². The Morgan fingerprint density at radius 2 is 1.88 bits per heavy atom. The van der Waals surface area contributed by atoms with Gasteiger partial charge in [0.15, 0.2) is 4.80 Å². The lowest BCUT2D eigenvalue weighted by molar-refractivity contribution is -0.121. The molecule has 1 aliphatic rings. The highest BCUT2D eigenvalue weighted by Gasteiger charge is 2.39. The van der Waals surface area contributed by atoms with Crippen molar-refractivity contribution in [2.24, 2.45) is 4.99 Å². The highest BCUT2D eigenvalue weighted by atomic mass is 35.5. The van der Waals surface area contributed by atoms with E-state index in [0.717, 1.165) is 10.2 Å². The molecule has 11 heteroatoms. The molecule has 8 nitrogen and oxygen atoms in total. The van der Waals surface area contributed by atoms with Crippen molar-refractivity contribution in [1.29, 1.82) is 0 Å². The number of sulfonamides is 1. The minimum atomic E-state index is -3.87. The highest BCUT2D eigenvalue weighted by Crippen LogP contribution is 2.35. The molecule has 1 fully saturated rings. The first-order valence-corrected chi connectivity index (χ1v) is 13.2. The number of hydrogen-bond donors (Lipinski definition) is 0. The van der Waals surface area contributed by atoms with E-state index < -0.39 is 22.0 Å². The predicted octanol–water partition coefficient (Wildman–Crippen LogP) is 3.84. The molecule has 1 aromatic heterocycles. The maximum Gasteiger partial charge on any atom is 0.266 e. The highest BCUT2D eigenvalue weighted by molar-refractivity contribution is 7.89. The van der Waals surface area contributed by atoms with Crippen LogP contribution in [0, 0.1) is 0 Å². The Labute approximate surface area is 206 Å². The van der Waals surface area contributed by atoms with Crippen molar-refractivity contribution in [3.63, 3.8) is 0 Å². The molecule has 180 valence electrons. The standard InChI is InChI=1S/C23H24ClN3O5S2/c1-4-13-26-20-18(31-2)11-12-19(32-3)21(20)33-23(26)25-22(28)17-6-5-14-27(17)34(29,30)16-9-7-15(24)8-10-16/h4,7-12,17H,1,5-6,13-14H2,2-3H3. The zero-order valence-electron chi connectivity index (χ0n) is 18.7. The van der Waals surface area contributed by atoms with Crippen molar-refractivity contribution in [3.8, 4) is 11.5 Å². The second-order valence-corrected chi connectivity index (χ2v) is 10.9. The maximum atomic E-state index is 13.3. The number of benzene rings is 2. The molecule has 1 unspecified atom stereocenters. The summed E-state index contributed by atoms with van der Waals surface area (Å²) in [7, 11) is -0.739. The van der Waals surface area contributed by atoms with Crippen LogP contribution in [-0.4, -0.2) is 50.0 Å². The number of thiazole rings is 1. The second-order valence-electron chi connectivity index (χ2n) is 7.61. The van der Waals surface area contributed by atoms with E-state index in [0.29, 0.717) is 40.7 Å². The quantitative estimate of drug-likeness (QED) is 0.441. The number of hydrogen-bond acceptors (Lipinski definition) is 6. The van der Waals surface area contributed by atoms with E-state index in [-0.39, 0.29) is 11.4 Å². The Balaban J connectivity index is 1.79. The number of fused-ring (bicyclic) bond motifs is 1. The fraction of sp³-hybridized carbons (Fsp3) is 0.304. The molecule has 0 bridgehead atoms. The van der Waals surface area contributed by atoms with Crippen LogP contribution in [0.25, 0.3) is 10.2 Å². The van der Waals surface area contributed by atoms with E-state index in [1.165, 1.54) is 39.9 Å². The number of halogens is 1. The molecule has 3 aromatic rings. The third-order valence-electron chi connectivity index (χ3n) is 5.62. The summed E-state index contributed by atoms with van der Waals surface area (Å²) in [4.78, 5) is 18.2. The van der Waals surface area contributed by atoms with Gasteiger partial charge in [-0.2, -0.15) is 9.30 Å². The molecule has 0 N–H and O–H groups in total.